The van der Waals surface area contributed by atoms with Gasteiger partial charge in [0.15, 0.2) is 0 Å². The minimum atomic E-state index is -0.583. The van der Waals surface area contributed by atoms with Crippen LogP contribution in [-0.2, 0) is 4.74 Å². The number of carbonyl (C=O) groups excluding carboxylic acids is 1. The third-order valence-electron chi connectivity index (χ3n) is 3.21. The zero-order chi connectivity index (χ0) is 16.4. The second-order valence-corrected chi connectivity index (χ2v) is 6.39. The molecule has 0 aromatic heterocycles. The summed E-state index contributed by atoms with van der Waals surface area (Å²) in [5, 5.41) is 30.1. The van der Waals surface area contributed by atoms with Crippen LogP contribution >= 0.6 is 0 Å². The molecular weight excluding hydrogens is 274 g/mol. The maximum atomic E-state index is 12.0. The summed E-state index contributed by atoms with van der Waals surface area (Å²) in [5.74, 6) is 0. The van der Waals surface area contributed by atoms with Crippen molar-refractivity contribution in [3.05, 3.63) is 0 Å². The highest BCUT2D eigenvalue weighted by atomic mass is 16.6. The van der Waals surface area contributed by atoms with Crippen LogP contribution in [-0.4, -0.2) is 52.4 Å². The molecule has 0 aromatic carbocycles. The molecule has 6 nitrogen and oxygen atoms in total. The average Bonchev–Trinajstić information content (AvgIpc) is 2.38. The summed E-state index contributed by atoms with van der Waals surface area (Å²) >= 11 is 0. The lowest BCUT2D eigenvalue weighted by Crippen LogP contribution is -2.50. The highest BCUT2D eigenvalue weighted by Crippen LogP contribution is 2.26. The summed E-state index contributed by atoms with van der Waals surface area (Å²) in [6.07, 6.45) is 2.90. The molecule has 126 valence electrons. The van der Waals surface area contributed by atoms with Gasteiger partial charge in [-0.15, -0.1) is 0 Å². The molecule has 0 aliphatic heterocycles. The number of amides is 1. The summed E-state index contributed by atoms with van der Waals surface area (Å²) in [6.45, 7) is 5.50. The van der Waals surface area contributed by atoms with E-state index in [0.29, 0.717) is 38.5 Å². The summed E-state index contributed by atoms with van der Waals surface area (Å²) in [7, 11) is 0. The number of hydrogen-bond acceptors (Lipinski definition) is 5. The molecule has 0 aliphatic carbocycles. The highest BCUT2D eigenvalue weighted by Gasteiger charge is 2.32. The quantitative estimate of drug-likeness (QED) is 0.491. The summed E-state index contributed by atoms with van der Waals surface area (Å²) in [5.41, 5.74) is -1.14. The van der Waals surface area contributed by atoms with Gasteiger partial charge in [0.05, 0.1) is 0 Å². The van der Waals surface area contributed by atoms with Crippen LogP contribution in [0.15, 0.2) is 0 Å². The van der Waals surface area contributed by atoms with Crippen molar-refractivity contribution in [1.29, 1.82) is 0 Å². The van der Waals surface area contributed by atoms with Crippen LogP contribution in [0.25, 0.3) is 0 Å². The number of carbonyl (C=O) groups is 1. The van der Waals surface area contributed by atoms with Crippen LogP contribution in [0.1, 0.15) is 59.3 Å². The predicted molar refractivity (Wildman–Crippen MR) is 81.1 cm³/mol. The van der Waals surface area contributed by atoms with Crippen molar-refractivity contribution in [2.24, 2.45) is 0 Å². The van der Waals surface area contributed by atoms with Gasteiger partial charge in [-0.1, -0.05) is 0 Å². The van der Waals surface area contributed by atoms with Crippen molar-refractivity contribution in [2.45, 2.75) is 70.4 Å². The molecule has 0 saturated heterocycles. The van der Waals surface area contributed by atoms with Crippen LogP contribution in [0.5, 0.6) is 0 Å². The second kappa shape index (κ2) is 9.97. The molecule has 0 unspecified atom stereocenters. The molecule has 0 aromatic rings. The fraction of sp³-hybridized carbons (Fsp3) is 0.933. The third-order valence-corrected chi connectivity index (χ3v) is 3.21. The van der Waals surface area contributed by atoms with Gasteiger partial charge in [-0.3, -0.25) is 0 Å². The monoisotopic (exact) mass is 305 g/mol. The van der Waals surface area contributed by atoms with E-state index in [4.69, 9.17) is 20.1 Å². The molecule has 0 radical (unpaired) electrons. The molecule has 1 amide bonds. The minimum Gasteiger partial charge on any atom is -0.444 e. The lowest BCUT2D eigenvalue weighted by Gasteiger charge is -2.36. The summed E-state index contributed by atoms with van der Waals surface area (Å²) in [6, 6.07) is 0. The fourth-order valence-electron chi connectivity index (χ4n) is 2.33. The molecule has 0 bridgehead atoms. The average molecular weight is 305 g/mol. The van der Waals surface area contributed by atoms with E-state index in [9.17, 15) is 4.79 Å². The smallest absolute Gasteiger partial charge is 0.408 e. The minimum absolute atomic E-state index is 0.0377. The van der Waals surface area contributed by atoms with Gasteiger partial charge in [0.2, 0.25) is 0 Å². The topological polar surface area (TPSA) is 99.0 Å². The largest absolute Gasteiger partial charge is 0.444 e. The zero-order valence-electron chi connectivity index (χ0n) is 13.5. The molecule has 0 atom stereocenters. The number of hydrogen-bond donors (Lipinski definition) is 4. The van der Waals surface area contributed by atoms with Gasteiger partial charge in [0, 0.05) is 25.4 Å². The summed E-state index contributed by atoms with van der Waals surface area (Å²) in [4.78, 5) is 12.0. The van der Waals surface area contributed by atoms with Crippen LogP contribution in [0, 0.1) is 0 Å². The fourth-order valence-corrected chi connectivity index (χ4v) is 2.33. The Morgan fingerprint density at radius 3 is 1.57 bits per heavy atom. The first-order chi connectivity index (χ1) is 9.78. The molecule has 0 fully saturated rings. The van der Waals surface area contributed by atoms with Gasteiger partial charge in [0.25, 0.3) is 0 Å². The standard InChI is InChI=1S/C15H31NO5/c1-14(2,3)21-13(20)16-15(7-4-10-17,8-5-11-18)9-6-12-19/h17-19H,4-12H2,1-3H3,(H,16,20). The van der Waals surface area contributed by atoms with Gasteiger partial charge >= 0.3 is 6.09 Å². The van der Waals surface area contributed by atoms with E-state index in [1.807, 2.05) is 0 Å². The Morgan fingerprint density at radius 2 is 1.29 bits per heavy atom. The van der Waals surface area contributed by atoms with Gasteiger partial charge in [-0.25, -0.2) is 4.79 Å². The van der Waals surface area contributed by atoms with Crippen molar-refractivity contribution in [3.63, 3.8) is 0 Å². The van der Waals surface area contributed by atoms with E-state index in [-0.39, 0.29) is 19.8 Å². The molecular formula is C15H31NO5. The molecule has 4 N–H and O–H groups in total. The molecule has 0 rings (SSSR count). The van der Waals surface area contributed by atoms with E-state index in [2.05, 4.69) is 5.32 Å². The predicted octanol–water partition coefficient (Wildman–Crippen LogP) is 1.57. The first-order valence-electron chi connectivity index (χ1n) is 7.62. The molecule has 21 heavy (non-hydrogen) atoms. The van der Waals surface area contributed by atoms with Crippen LogP contribution in [0.4, 0.5) is 4.79 Å². The number of aliphatic hydroxyl groups is 3. The van der Waals surface area contributed by atoms with E-state index < -0.39 is 17.2 Å². The Morgan fingerprint density at radius 1 is 0.905 bits per heavy atom. The number of nitrogens with one attached hydrogen (secondary N) is 1. The van der Waals surface area contributed by atoms with Gasteiger partial charge in [-0.05, 0) is 59.3 Å². The van der Waals surface area contributed by atoms with Crippen LogP contribution in [0.3, 0.4) is 0 Å². The summed E-state index contributed by atoms with van der Waals surface area (Å²) < 4.78 is 5.30. The third kappa shape index (κ3) is 9.66. The SMILES string of the molecule is CC(C)(C)OC(=O)NC(CCCO)(CCCO)CCCO. The molecule has 0 aliphatic rings. The molecule has 0 spiro atoms. The molecule has 0 saturated carbocycles. The van der Waals surface area contributed by atoms with E-state index in [0.717, 1.165) is 0 Å². The van der Waals surface area contributed by atoms with Crippen molar-refractivity contribution < 1.29 is 24.9 Å². The Bertz CT molecular complexity index is 267. The van der Waals surface area contributed by atoms with E-state index >= 15 is 0 Å². The Balaban J connectivity index is 4.88. The van der Waals surface area contributed by atoms with Crippen molar-refractivity contribution in [1.82, 2.24) is 5.32 Å². The number of rotatable bonds is 10. The lowest BCUT2D eigenvalue weighted by molar-refractivity contribution is 0.0413. The number of alkyl carbamates (subject to hydrolysis) is 1. The molecule has 6 heteroatoms. The Kier molecular flexibility index (Phi) is 9.57. The highest BCUT2D eigenvalue weighted by molar-refractivity contribution is 5.68. The van der Waals surface area contributed by atoms with Crippen molar-refractivity contribution in [3.8, 4) is 0 Å². The maximum absolute atomic E-state index is 12.0. The van der Waals surface area contributed by atoms with Crippen LogP contribution < -0.4 is 5.32 Å². The van der Waals surface area contributed by atoms with E-state index in [1.165, 1.54) is 0 Å². The number of aliphatic hydroxyl groups excluding tert-OH is 3. The Hall–Kier alpha value is -0.850. The number of ether oxygens (including phenoxy) is 1. The molecule has 0 heterocycles. The zero-order valence-corrected chi connectivity index (χ0v) is 13.5. The van der Waals surface area contributed by atoms with Crippen molar-refractivity contribution >= 4 is 6.09 Å². The lowest BCUT2D eigenvalue weighted by atomic mass is 9.84. The van der Waals surface area contributed by atoms with Gasteiger partial charge in [-0.2, -0.15) is 0 Å². The maximum Gasteiger partial charge on any atom is 0.408 e. The van der Waals surface area contributed by atoms with Crippen LogP contribution in [0.2, 0.25) is 0 Å². The Labute approximate surface area is 127 Å². The normalized spacial score (nSPS) is 12.3. The van der Waals surface area contributed by atoms with Gasteiger partial charge < -0.3 is 25.4 Å². The van der Waals surface area contributed by atoms with E-state index in [1.54, 1.807) is 20.8 Å². The first-order valence-corrected chi connectivity index (χ1v) is 7.62. The second-order valence-electron chi connectivity index (χ2n) is 6.39. The van der Waals surface area contributed by atoms with Crippen molar-refractivity contribution in [2.75, 3.05) is 19.8 Å². The first kappa shape index (κ1) is 20.1. The van der Waals surface area contributed by atoms with Gasteiger partial charge in [0.1, 0.15) is 5.60 Å².